The molecule has 42 heavy (non-hydrogen) atoms. The minimum Gasteiger partial charge on any atom is -0.354 e. The van der Waals surface area contributed by atoms with Gasteiger partial charge in [0.1, 0.15) is 8.64 Å². The van der Waals surface area contributed by atoms with Gasteiger partial charge in [-0.15, -0.1) is 0 Å². The van der Waals surface area contributed by atoms with Crippen molar-refractivity contribution in [3.05, 3.63) is 79.5 Å². The summed E-state index contributed by atoms with van der Waals surface area (Å²) in [5.74, 6) is -1.11. The van der Waals surface area contributed by atoms with E-state index in [-0.39, 0.29) is 62.6 Å². The van der Waals surface area contributed by atoms with Crippen LogP contribution in [0.3, 0.4) is 0 Å². The highest BCUT2D eigenvalue weighted by atomic mass is 35.5. The summed E-state index contributed by atoms with van der Waals surface area (Å²) < 4.78 is 0.749. The molecule has 2 heterocycles. The highest BCUT2D eigenvalue weighted by molar-refractivity contribution is 8.27. The van der Waals surface area contributed by atoms with E-state index in [9.17, 15) is 19.2 Å². The molecule has 14 heteroatoms. The number of nitrogens with zero attached hydrogens (tertiary/aromatic N) is 2. The van der Waals surface area contributed by atoms with Crippen molar-refractivity contribution in [1.29, 1.82) is 0 Å². The van der Waals surface area contributed by atoms with Crippen molar-refractivity contribution in [2.45, 2.75) is 12.8 Å². The fourth-order valence-corrected chi connectivity index (χ4v) is 6.84. The largest absolute Gasteiger partial charge is 0.354 e. The van der Waals surface area contributed by atoms with Crippen LogP contribution >= 0.6 is 71.2 Å². The van der Waals surface area contributed by atoms with Crippen LogP contribution in [0.25, 0.3) is 12.2 Å². The highest BCUT2D eigenvalue weighted by Crippen LogP contribution is 2.35. The molecule has 2 aromatic carbocycles. The molecule has 2 fully saturated rings. The van der Waals surface area contributed by atoms with Gasteiger partial charge in [0.25, 0.3) is 11.8 Å². The quantitative estimate of drug-likeness (QED) is 0.192. The molecule has 2 saturated heterocycles. The predicted octanol–water partition coefficient (Wildman–Crippen LogP) is 5.11. The van der Waals surface area contributed by atoms with Crippen molar-refractivity contribution < 1.29 is 19.2 Å². The molecule has 4 amide bonds. The predicted molar refractivity (Wildman–Crippen MR) is 178 cm³/mol. The molecule has 218 valence electrons. The number of carbonyl (C=O) groups excluding carboxylic acids is 4. The van der Waals surface area contributed by atoms with E-state index in [1.165, 1.54) is 33.3 Å². The summed E-state index contributed by atoms with van der Waals surface area (Å²) in [4.78, 5) is 53.8. The van der Waals surface area contributed by atoms with E-state index in [0.29, 0.717) is 39.6 Å². The lowest BCUT2D eigenvalue weighted by Gasteiger charge is -2.15. The summed E-state index contributed by atoms with van der Waals surface area (Å²) in [7, 11) is 0. The molecule has 0 spiro atoms. The lowest BCUT2D eigenvalue weighted by Crippen LogP contribution is -2.38. The second-order valence-corrected chi connectivity index (χ2v) is 13.1. The number of thioether (sulfide) groups is 2. The molecule has 8 nitrogen and oxygen atoms in total. The Labute approximate surface area is 272 Å². The first-order valence-electron chi connectivity index (χ1n) is 12.7. The maximum Gasteiger partial charge on any atom is 0.266 e. The molecule has 0 radical (unpaired) electrons. The molecule has 2 N–H and O–H groups in total. The van der Waals surface area contributed by atoms with Crippen molar-refractivity contribution in [2.75, 3.05) is 26.2 Å². The van der Waals surface area contributed by atoms with Crippen molar-refractivity contribution in [2.24, 2.45) is 0 Å². The molecular weight excluding hydrogens is 656 g/mol. The van der Waals surface area contributed by atoms with Crippen LogP contribution in [-0.2, 0) is 19.2 Å². The first-order valence-corrected chi connectivity index (χ1v) is 15.9. The normalized spacial score (nSPS) is 17.1. The Balaban J connectivity index is 1.15. The number of amides is 4. The van der Waals surface area contributed by atoms with Gasteiger partial charge in [0.15, 0.2) is 0 Å². The van der Waals surface area contributed by atoms with E-state index in [2.05, 4.69) is 10.6 Å². The minimum absolute atomic E-state index is 0.0516. The van der Waals surface area contributed by atoms with Crippen molar-refractivity contribution in [3.63, 3.8) is 0 Å². The molecule has 4 rings (SSSR count). The Morgan fingerprint density at radius 2 is 1.10 bits per heavy atom. The van der Waals surface area contributed by atoms with Crippen LogP contribution in [0.5, 0.6) is 0 Å². The summed E-state index contributed by atoms with van der Waals surface area (Å²) in [6.07, 6.45) is 3.48. The zero-order chi connectivity index (χ0) is 30.2. The standard InChI is InChI=1S/C28H24Cl2N4O4S4/c29-19-7-3-1-5-17(19)15-21-25(37)33(27(39)41-21)13-9-23(35)31-11-12-32-24(36)10-14-34-26(38)22(42-28(34)40)16-18-6-2-4-8-20(18)30/h1-8,15-16H,9-14H2,(H,31,35)(H,32,36)/b21-15+,22-16+. The molecule has 2 aliphatic heterocycles. The SMILES string of the molecule is O=C(CCN1C(=O)/C(=C\c2ccccc2Cl)SC1=S)NCCNC(=O)CCN1C(=O)/C(=C\c2ccccc2Cl)SC1=S. The monoisotopic (exact) mass is 678 g/mol. The molecule has 0 bridgehead atoms. The number of halogens is 2. The van der Waals surface area contributed by atoms with Gasteiger partial charge in [0.05, 0.1) is 9.81 Å². The van der Waals surface area contributed by atoms with E-state index in [1.807, 2.05) is 12.1 Å². The summed E-state index contributed by atoms with van der Waals surface area (Å²) >= 11 is 25.3. The Morgan fingerprint density at radius 1 is 0.714 bits per heavy atom. The summed E-state index contributed by atoms with van der Waals surface area (Å²) in [6.45, 7) is 0.683. The van der Waals surface area contributed by atoms with Gasteiger partial charge in [-0.2, -0.15) is 0 Å². The van der Waals surface area contributed by atoms with Crippen molar-refractivity contribution in [3.8, 4) is 0 Å². The number of nitrogens with one attached hydrogen (secondary N) is 2. The molecule has 0 aliphatic carbocycles. The third-order valence-electron chi connectivity index (χ3n) is 6.03. The van der Waals surface area contributed by atoms with Gasteiger partial charge in [0.2, 0.25) is 11.8 Å². The molecule has 2 aromatic rings. The molecule has 0 saturated carbocycles. The van der Waals surface area contributed by atoms with Gasteiger partial charge in [-0.05, 0) is 35.4 Å². The van der Waals surface area contributed by atoms with Crippen LogP contribution in [-0.4, -0.2) is 68.2 Å². The van der Waals surface area contributed by atoms with Crippen molar-refractivity contribution in [1.82, 2.24) is 20.4 Å². The number of carbonyl (C=O) groups is 4. The van der Waals surface area contributed by atoms with Gasteiger partial charge < -0.3 is 10.6 Å². The lowest BCUT2D eigenvalue weighted by atomic mass is 10.2. The topological polar surface area (TPSA) is 98.8 Å². The molecule has 2 aliphatic rings. The highest BCUT2D eigenvalue weighted by Gasteiger charge is 2.33. The summed E-state index contributed by atoms with van der Waals surface area (Å²) in [5.41, 5.74) is 1.42. The van der Waals surface area contributed by atoms with E-state index >= 15 is 0 Å². The van der Waals surface area contributed by atoms with E-state index in [0.717, 1.165) is 0 Å². The number of thiocarbonyl (C=S) groups is 2. The second-order valence-electron chi connectivity index (χ2n) is 8.91. The van der Waals surface area contributed by atoms with Gasteiger partial charge >= 0.3 is 0 Å². The molecule has 0 atom stereocenters. The Hall–Kier alpha value is -2.74. The van der Waals surface area contributed by atoms with E-state index in [1.54, 1.807) is 48.6 Å². The van der Waals surface area contributed by atoms with Crippen LogP contribution in [0, 0.1) is 0 Å². The molecule has 0 aromatic heterocycles. The Kier molecular flexibility index (Phi) is 11.6. The maximum absolute atomic E-state index is 12.8. The van der Waals surface area contributed by atoms with Gasteiger partial charge in [0, 0.05) is 49.1 Å². The zero-order valence-electron chi connectivity index (χ0n) is 21.9. The minimum atomic E-state index is -0.281. The first-order chi connectivity index (χ1) is 20.1. The Morgan fingerprint density at radius 3 is 1.48 bits per heavy atom. The van der Waals surface area contributed by atoms with Gasteiger partial charge in [-0.1, -0.05) is 108 Å². The van der Waals surface area contributed by atoms with Crippen LogP contribution in [0.4, 0.5) is 0 Å². The summed E-state index contributed by atoms with van der Waals surface area (Å²) in [6, 6.07) is 14.3. The fourth-order valence-electron chi connectivity index (χ4n) is 3.86. The van der Waals surface area contributed by atoms with E-state index < -0.39 is 0 Å². The third kappa shape index (κ3) is 8.42. The smallest absolute Gasteiger partial charge is 0.266 e. The molecule has 0 unspecified atom stereocenters. The first kappa shape index (κ1) is 32.2. The average molecular weight is 680 g/mol. The van der Waals surface area contributed by atoms with Crippen LogP contribution < -0.4 is 10.6 Å². The zero-order valence-corrected chi connectivity index (χ0v) is 26.7. The van der Waals surface area contributed by atoms with Crippen LogP contribution in [0.2, 0.25) is 10.0 Å². The van der Waals surface area contributed by atoms with Crippen LogP contribution in [0.15, 0.2) is 58.3 Å². The number of rotatable bonds is 11. The fraction of sp³-hybridized carbons (Fsp3) is 0.214. The number of hydrogen-bond donors (Lipinski definition) is 2. The van der Waals surface area contributed by atoms with Gasteiger partial charge in [-0.25, -0.2) is 0 Å². The Bertz CT molecular complexity index is 1400. The second kappa shape index (κ2) is 15.1. The van der Waals surface area contributed by atoms with Crippen molar-refractivity contribution >= 4 is 116 Å². The van der Waals surface area contributed by atoms with Gasteiger partial charge in [-0.3, -0.25) is 29.0 Å². The molecular formula is C28H24Cl2N4O4S4. The summed E-state index contributed by atoms with van der Waals surface area (Å²) in [5, 5.41) is 6.48. The average Bonchev–Trinajstić information content (AvgIpc) is 3.38. The van der Waals surface area contributed by atoms with Crippen LogP contribution in [0.1, 0.15) is 24.0 Å². The number of benzene rings is 2. The lowest BCUT2D eigenvalue weighted by molar-refractivity contribution is -0.126. The number of hydrogen-bond acceptors (Lipinski definition) is 8. The third-order valence-corrected chi connectivity index (χ3v) is 9.47. The van der Waals surface area contributed by atoms with E-state index in [4.69, 9.17) is 47.6 Å². The maximum atomic E-state index is 12.8.